The summed E-state index contributed by atoms with van der Waals surface area (Å²) in [6.45, 7) is 0. The van der Waals surface area contributed by atoms with Gasteiger partial charge < -0.3 is 5.11 Å². The summed E-state index contributed by atoms with van der Waals surface area (Å²) in [6.07, 6.45) is 16.3. The van der Waals surface area contributed by atoms with Gasteiger partial charge >= 0.3 is 0 Å². The number of hydrogen-bond acceptors (Lipinski definition) is 1. The van der Waals surface area contributed by atoms with Gasteiger partial charge in [0, 0.05) is 0 Å². The molecule has 0 radical (unpaired) electrons. The summed E-state index contributed by atoms with van der Waals surface area (Å²) in [4.78, 5) is 0. The molecule has 2 aromatic carbocycles. The lowest BCUT2D eigenvalue weighted by molar-refractivity contribution is 0.216. The lowest BCUT2D eigenvalue weighted by atomic mass is 9.74. The predicted molar refractivity (Wildman–Crippen MR) is 134 cm³/mol. The van der Waals surface area contributed by atoms with Crippen molar-refractivity contribution in [3.8, 4) is 0 Å². The number of aliphatic hydroxyl groups is 1. The van der Waals surface area contributed by atoms with Crippen molar-refractivity contribution in [3.63, 3.8) is 0 Å². The second-order valence-corrected chi connectivity index (χ2v) is 13.8. The summed E-state index contributed by atoms with van der Waals surface area (Å²) in [5, 5.41) is 12.4. The van der Waals surface area contributed by atoms with E-state index in [1.54, 1.807) is 44.5 Å². The molecular weight excluding hydrogens is 412 g/mol. The Bertz CT molecular complexity index is 1200. The van der Waals surface area contributed by atoms with Crippen LogP contribution in [-0.4, -0.2) is 5.11 Å². The Labute approximate surface area is 203 Å². The number of benzene rings is 2. The molecule has 0 heterocycles. The second kappa shape index (κ2) is 6.03. The normalized spacial score (nSPS) is 41.3. The van der Waals surface area contributed by atoms with E-state index in [0.29, 0.717) is 0 Å². The zero-order valence-electron chi connectivity index (χ0n) is 20.3. The molecule has 4 fully saturated rings. The molecule has 8 bridgehead atoms. The summed E-state index contributed by atoms with van der Waals surface area (Å²) < 4.78 is 0. The maximum absolute atomic E-state index is 12.4. The Kier molecular flexibility index (Phi) is 3.30. The maximum Gasteiger partial charge on any atom is 0.105 e. The average molecular weight is 449 g/mol. The highest BCUT2D eigenvalue weighted by atomic mass is 16.3. The van der Waals surface area contributed by atoms with Crippen LogP contribution in [0.5, 0.6) is 0 Å². The lowest BCUT2D eigenvalue weighted by Gasteiger charge is -2.32. The van der Waals surface area contributed by atoms with Crippen molar-refractivity contribution in [1.29, 1.82) is 0 Å². The van der Waals surface area contributed by atoms with E-state index in [2.05, 4.69) is 12.1 Å². The fourth-order valence-corrected chi connectivity index (χ4v) is 11.6. The molecular formula is C33H36O. The SMILES string of the molecule is OC(c1cc2c(c3c1C1CCC3C1)C1CCC2C1)c1cc2c(c3c1C1CCC3C1)C1CCC2C1. The molecule has 34 heavy (non-hydrogen) atoms. The molecule has 8 unspecified atom stereocenters. The van der Waals surface area contributed by atoms with Gasteiger partial charge in [0.15, 0.2) is 0 Å². The van der Waals surface area contributed by atoms with Crippen LogP contribution < -0.4 is 0 Å². The maximum atomic E-state index is 12.4. The summed E-state index contributed by atoms with van der Waals surface area (Å²) >= 11 is 0. The first kappa shape index (κ1) is 18.6. The highest BCUT2D eigenvalue weighted by Crippen LogP contribution is 2.66. The van der Waals surface area contributed by atoms with E-state index in [1.807, 2.05) is 0 Å². The minimum absolute atomic E-state index is 0.393. The first-order chi connectivity index (χ1) is 16.7. The molecule has 1 heteroatoms. The molecule has 8 aliphatic rings. The molecule has 4 saturated carbocycles. The minimum atomic E-state index is -0.393. The zero-order valence-corrected chi connectivity index (χ0v) is 20.3. The Balaban J connectivity index is 1.21. The summed E-state index contributed by atoms with van der Waals surface area (Å²) in [7, 11) is 0. The molecule has 174 valence electrons. The van der Waals surface area contributed by atoms with Crippen molar-refractivity contribution in [3.05, 3.63) is 67.8 Å². The van der Waals surface area contributed by atoms with Crippen LogP contribution in [0.2, 0.25) is 0 Å². The molecule has 0 aliphatic heterocycles. The van der Waals surface area contributed by atoms with Gasteiger partial charge in [-0.3, -0.25) is 0 Å². The van der Waals surface area contributed by atoms with Gasteiger partial charge in [0.05, 0.1) is 0 Å². The van der Waals surface area contributed by atoms with Gasteiger partial charge in [-0.1, -0.05) is 12.1 Å². The van der Waals surface area contributed by atoms with Crippen molar-refractivity contribution >= 4 is 0 Å². The molecule has 8 aliphatic carbocycles. The van der Waals surface area contributed by atoms with Gasteiger partial charge in [0.25, 0.3) is 0 Å². The Hall–Kier alpha value is -1.60. The molecule has 1 N–H and O–H groups in total. The topological polar surface area (TPSA) is 20.2 Å². The first-order valence-electron chi connectivity index (χ1n) is 14.8. The van der Waals surface area contributed by atoms with Crippen LogP contribution in [0.3, 0.4) is 0 Å². The Morgan fingerprint density at radius 3 is 1.21 bits per heavy atom. The van der Waals surface area contributed by atoms with E-state index in [-0.39, 0.29) is 0 Å². The lowest BCUT2D eigenvalue weighted by Crippen LogP contribution is -2.17. The third-order valence-corrected chi connectivity index (χ3v) is 12.7. The van der Waals surface area contributed by atoms with Crippen LogP contribution in [0.15, 0.2) is 12.1 Å². The fourth-order valence-electron chi connectivity index (χ4n) is 11.6. The van der Waals surface area contributed by atoms with Crippen LogP contribution in [0, 0.1) is 0 Å². The van der Waals surface area contributed by atoms with E-state index in [1.165, 1.54) is 88.2 Å². The van der Waals surface area contributed by atoms with E-state index in [0.717, 1.165) is 47.3 Å². The van der Waals surface area contributed by atoms with Gasteiger partial charge in [-0.25, -0.2) is 0 Å². The van der Waals surface area contributed by atoms with Crippen molar-refractivity contribution in [1.82, 2.24) is 0 Å². The molecule has 0 spiro atoms. The van der Waals surface area contributed by atoms with E-state index >= 15 is 0 Å². The number of rotatable bonds is 2. The molecule has 0 aromatic heterocycles. The van der Waals surface area contributed by atoms with Crippen LogP contribution >= 0.6 is 0 Å². The third-order valence-electron chi connectivity index (χ3n) is 12.7. The van der Waals surface area contributed by atoms with Crippen LogP contribution in [-0.2, 0) is 0 Å². The fraction of sp³-hybridized carbons (Fsp3) is 0.636. The van der Waals surface area contributed by atoms with Crippen molar-refractivity contribution < 1.29 is 5.11 Å². The molecule has 0 amide bonds. The summed E-state index contributed by atoms with van der Waals surface area (Å²) in [6, 6.07) is 5.14. The standard InChI is InChI=1S/C33H36O/c34-33(25-13-23-15-1-3-17(9-15)27(23)31-21-7-5-19(11-21)29(25)31)26-14-24-16-2-4-18(10-16)28(24)32-22-8-6-20(12-22)30(26)32/h13-22,33-34H,1-12H2. The minimum Gasteiger partial charge on any atom is -0.384 e. The highest BCUT2D eigenvalue weighted by Gasteiger charge is 2.50. The number of fused-ring (bicyclic) bond motifs is 22. The molecule has 8 atom stereocenters. The van der Waals surface area contributed by atoms with Gasteiger partial charge in [-0.05, 0) is 180 Å². The van der Waals surface area contributed by atoms with Crippen LogP contribution in [0.4, 0.5) is 0 Å². The average Bonchev–Trinajstić information content (AvgIpc) is 3.72. The molecule has 0 saturated heterocycles. The first-order valence-corrected chi connectivity index (χ1v) is 14.8. The molecule has 10 rings (SSSR count). The van der Waals surface area contributed by atoms with Crippen LogP contribution in [0.1, 0.15) is 186 Å². The van der Waals surface area contributed by atoms with E-state index in [9.17, 15) is 5.11 Å². The van der Waals surface area contributed by atoms with E-state index < -0.39 is 6.10 Å². The second-order valence-electron chi connectivity index (χ2n) is 13.8. The largest absolute Gasteiger partial charge is 0.384 e. The summed E-state index contributed by atoms with van der Waals surface area (Å²) in [5.74, 6) is 6.31. The number of aliphatic hydroxyl groups excluding tert-OH is 1. The smallest absolute Gasteiger partial charge is 0.105 e. The van der Waals surface area contributed by atoms with Crippen molar-refractivity contribution in [2.45, 2.75) is 130 Å². The van der Waals surface area contributed by atoms with Crippen LogP contribution in [0.25, 0.3) is 0 Å². The Morgan fingerprint density at radius 1 is 0.441 bits per heavy atom. The zero-order chi connectivity index (χ0) is 21.9. The van der Waals surface area contributed by atoms with Gasteiger partial charge in [-0.15, -0.1) is 0 Å². The van der Waals surface area contributed by atoms with Gasteiger partial charge in [0.1, 0.15) is 6.10 Å². The molecule has 1 nitrogen and oxygen atoms in total. The monoisotopic (exact) mass is 448 g/mol. The third kappa shape index (κ3) is 2.01. The Morgan fingerprint density at radius 2 is 0.765 bits per heavy atom. The summed E-state index contributed by atoms with van der Waals surface area (Å²) in [5.41, 5.74) is 16.5. The molecule has 2 aromatic rings. The van der Waals surface area contributed by atoms with Crippen molar-refractivity contribution in [2.75, 3.05) is 0 Å². The van der Waals surface area contributed by atoms with Gasteiger partial charge in [-0.2, -0.15) is 0 Å². The van der Waals surface area contributed by atoms with E-state index in [4.69, 9.17) is 0 Å². The quantitative estimate of drug-likeness (QED) is 0.490. The highest BCUT2D eigenvalue weighted by molar-refractivity contribution is 5.64. The van der Waals surface area contributed by atoms with Crippen molar-refractivity contribution in [2.24, 2.45) is 0 Å². The number of hydrogen-bond donors (Lipinski definition) is 1. The van der Waals surface area contributed by atoms with Gasteiger partial charge in [0.2, 0.25) is 0 Å². The predicted octanol–water partition coefficient (Wildman–Crippen LogP) is 8.23.